The number of pyridine rings is 1. The van der Waals surface area contributed by atoms with E-state index in [2.05, 4.69) is 21.8 Å². The van der Waals surface area contributed by atoms with Gasteiger partial charge in [0.25, 0.3) is 0 Å². The quantitative estimate of drug-likeness (QED) is 0.315. The average Bonchev–Trinajstić information content (AvgIpc) is 3.62. The van der Waals surface area contributed by atoms with Gasteiger partial charge in [-0.15, -0.1) is 0 Å². The van der Waals surface area contributed by atoms with Gasteiger partial charge in [0.1, 0.15) is 0 Å². The topological polar surface area (TPSA) is 97.9 Å². The van der Waals surface area contributed by atoms with Crippen LogP contribution in [0.2, 0.25) is 0 Å². The van der Waals surface area contributed by atoms with Crippen LogP contribution >= 0.6 is 0 Å². The molecule has 4 N–H and O–H groups in total. The van der Waals surface area contributed by atoms with Crippen LogP contribution in [-0.2, 0) is 12.7 Å². The van der Waals surface area contributed by atoms with Crippen molar-refractivity contribution in [2.45, 2.75) is 38.4 Å². The third-order valence-corrected chi connectivity index (χ3v) is 5.95. The standard InChI is InChI=1S/C25H23F3N6O/c1-2-34-23-21(22(29)33-34)19(13-20(32-23)15-6-7-15)14-8-10-17(11-9-14)30-24(35)31-18-5-3-4-16(12-18)25(26,27)28/h3-5,8-13,15H,2,6-7H2,1H3,(H2,29,33)(H2,30,31,35). The van der Waals surface area contributed by atoms with Crippen LogP contribution in [0.15, 0.2) is 54.6 Å². The van der Waals surface area contributed by atoms with E-state index in [1.54, 1.807) is 16.8 Å². The van der Waals surface area contributed by atoms with E-state index in [-0.39, 0.29) is 5.69 Å². The summed E-state index contributed by atoms with van der Waals surface area (Å²) in [5.74, 6) is 0.856. The normalized spacial score (nSPS) is 13.7. The molecular formula is C25H23F3N6O. The van der Waals surface area contributed by atoms with Crippen molar-refractivity contribution in [2.75, 3.05) is 16.4 Å². The minimum absolute atomic E-state index is 0.0455. The smallest absolute Gasteiger partial charge is 0.382 e. The number of urea groups is 1. The van der Waals surface area contributed by atoms with Crippen molar-refractivity contribution >= 4 is 34.3 Å². The zero-order valence-corrected chi connectivity index (χ0v) is 18.9. The first kappa shape index (κ1) is 22.7. The van der Waals surface area contributed by atoms with E-state index in [9.17, 15) is 18.0 Å². The van der Waals surface area contributed by atoms with E-state index in [0.717, 1.165) is 52.8 Å². The van der Waals surface area contributed by atoms with Crippen molar-refractivity contribution in [1.82, 2.24) is 14.8 Å². The second-order valence-corrected chi connectivity index (χ2v) is 8.50. The number of aryl methyl sites for hydroxylation is 1. The molecule has 0 unspecified atom stereocenters. The summed E-state index contributed by atoms with van der Waals surface area (Å²) in [6.45, 7) is 2.64. The van der Waals surface area contributed by atoms with E-state index < -0.39 is 17.8 Å². The number of halogens is 3. The average molecular weight is 480 g/mol. The van der Waals surface area contributed by atoms with Crippen molar-refractivity contribution in [3.05, 3.63) is 65.9 Å². The van der Waals surface area contributed by atoms with Crippen molar-refractivity contribution in [2.24, 2.45) is 0 Å². The molecule has 10 heteroatoms. The molecule has 0 atom stereocenters. The second-order valence-electron chi connectivity index (χ2n) is 8.50. The summed E-state index contributed by atoms with van der Waals surface area (Å²) in [4.78, 5) is 17.2. The van der Waals surface area contributed by atoms with E-state index in [4.69, 9.17) is 10.7 Å². The van der Waals surface area contributed by atoms with Gasteiger partial charge in [0.2, 0.25) is 0 Å². The summed E-state index contributed by atoms with van der Waals surface area (Å²) in [6, 6.07) is 13.0. The highest BCUT2D eigenvalue weighted by Crippen LogP contribution is 2.42. The summed E-state index contributed by atoms with van der Waals surface area (Å²) in [5.41, 5.74) is 9.53. The molecule has 0 radical (unpaired) electrons. The molecule has 0 bridgehead atoms. The van der Waals surface area contributed by atoms with Crippen LogP contribution in [0.5, 0.6) is 0 Å². The van der Waals surface area contributed by atoms with Crippen molar-refractivity contribution in [3.63, 3.8) is 0 Å². The van der Waals surface area contributed by atoms with E-state index in [0.29, 0.717) is 24.0 Å². The van der Waals surface area contributed by atoms with Gasteiger partial charge in [0.05, 0.1) is 10.9 Å². The highest BCUT2D eigenvalue weighted by molar-refractivity contribution is 6.02. The third-order valence-electron chi connectivity index (χ3n) is 5.95. The number of rotatable bonds is 5. The van der Waals surface area contributed by atoms with Gasteiger partial charge in [0.15, 0.2) is 11.5 Å². The largest absolute Gasteiger partial charge is 0.416 e. The predicted octanol–water partition coefficient (Wildman–Crippen LogP) is 6.24. The number of amides is 2. The van der Waals surface area contributed by atoms with Gasteiger partial charge >= 0.3 is 12.2 Å². The molecule has 4 aromatic rings. The number of carbonyl (C=O) groups excluding carboxylic acids is 1. The number of nitrogens with two attached hydrogens (primary N) is 1. The van der Waals surface area contributed by atoms with Gasteiger partial charge in [-0.25, -0.2) is 14.5 Å². The van der Waals surface area contributed by atoms with E-state index in [1.807, 2.05) is 19.1 Å². The Labute approximate surface area is 199 Å². The number of nitrogens with zero attached hydrogens (tertiary/aromatic N) is 3. The number of benzene rings is 2. The molecule has 2 aromatic carbocycles. The molecule has 1 aliphatic carbocycles. The monoisotopic (exact) mass is 480 g/mol. The number of nitrogens with one attached hydrogen (secondary N) is 2. The zero-order valence-electron chi connectivity index (χ0n) is 18.9. The number of hydrogen-bond donors (Lipinski definition) is 3. The van der Waals surface area contributed by atoms with Gasteiger partial charge in [-0.2, -0.15) is 18.3 Å². The Morgan fingerprint density at radius 1 is 1.09 bits per heavy atom. The van der Waals surface area contributed by atoms with Crippen LogP contribution in [0.25, 0.3) is 22.2 Å². The molecule has 2 heterocycles. The lowest BCUT2D eigenvalue weighted by Crippen LogP contribution is -2.19. The second kappa shape index (κ2) is 8.61. The van der Waals surface area contributed by atoms with Gasteiger partial charge in [-0.05, 0) is 67.3 Å². The Kier molecular flexibility index (Phi) is 5.58. The predicted molar refractivity (Wildman–Crippen MR) is 129 cm³/mol. The number of aromatic nitrogens is 3. The van der Waals surface area contributed by atoms with Crippen LogP contribution in [0.4, 0.5) is 35.2 Å². The molecule has 0 aliphatic heterocycles. The molecule has 5 rings (SSSR count). The molecule has 35 heavy (non-hydrogen) atoms. The van der Waals surface area contributed by atoms with E-state index >= 15 is 0 Å². The SMILES string of the molecule is CCn1nc(N)c2c(-c3ccc(NC(=O)Nc4cccc(C(F)(F)F)c4)cc3)cc(C3CC3)nc21. The van der Waals surface area contributed by atoms with Crippen LogP contribution in [0.1, 0.15) is 36.9 Å². The first-order valence-electron chi connectivity index (χ1n) is 11.3. The minimum atomic E-state index is -4.49. The minimum Gasteiger partial charge on any atom is -0.382 e. The maximum absolute atomic E-state index is 12.9. The summed E-state index contributed by atoms with van der Waals surface area (Å²) in [7, 11) is 0. The van der Waals surface area contributed by atoms with E-state index in [1.165, 1.54) is 12.1 Å². The first-order valence-corrected chi connectivity index (χ1v) is 11.3. The summed E-state index contributed by atoms with van der Waals surface area (Å²) in [5, 5.41) is 10.3. The maximum atomic E-state index is 12.9. The molecule has 0 saturated heterocycles. The Balaban J connectivity index is 1.38. The number of carbonyl (C=O) groups is 1. The lowest BCUT2D eigenvalue weighted by atomic mass is 10.0. The lowest BCUT2D eigenvalue weighted by molar-refractivity contribution is -0.137. The number of anilines is 3. The summed E-state index contributed by atoms with van der Waals surface area (Å²) >= 11 is 0. The molecule has 180 valence electrons. The van der Waals surface area contributed by atoms with Crippen LogP contribution in [0.3, 0.4) is 0 Å². The summed E-state index contributed by atoms with van der Waals surface area (Å²) in [6.07, 6.45) is -2.27. The van der Waals surface area contributed by atoms with Crippen LogP contribution < -0.4 is 16.4 Å². The Morgan fingerprint density at radius 2 is 1.80 bits per heavy atom. The molecule has 0 spiro atoms. The zero-order chi connectivity index (χ0) is 24.7. The molecule has 1 aliphatic rings. The number of hydrogen-bond acceptors (Lipinski definition) is 4. The Bertz CT molecular complexity index is 1410. The molecule has 2 aromatic heterocycles. The van der Waals surface area contributed by atoms with Crippen LogP contribution in [-0.4, -0.2) is 20.8 Å². The number of alkyl halides is 3. The van der Waals surface area contributed by atoms with Crippen molar-refractivity contribution in [3.8, 4) is 11.1 Å². The molecule has 2 amide bonds. The Hall–Kier alpha value is -4.08. The fourth-order valence-electron chi connectivity index (χ4n) is 4.05. The third kappa shape index (κ3) is 4.64. The fraction of sp³-hybridized carbons (Fsp3) is 0.240. The lowest BCUT2D eigenvalue weighted by Gasteiger charge is -2.12. The van der Waals surface area contributed by atoms with Crippen molar-refractivity contribution in [1.29, 1.82) is 0 Å². The molecule has 1 saturated carbocycles. The molecular weight excluding hydrogens is 457 g/mol. The first-order chi connectivity index (χ1) is 16.7. The van der Waals surface area contributed by atoms with Crippen LogP contribution in [0, 0.1) is 0 Å². The maximum Gasteiger partial charge on any atom is 0.416 e. The van der Waals surface area contributed by atoms with Gasteiger partial charge in [-0.1, -0.05) is 18.2 Å². The highest BCUT2D eigenvalue weighted by Gasteiger charge is 2.30. The number of fused-ring (bicyclic) bond motifs is 1. The van der Waals surface area contributed by atoms with Gasteiger partial charge in [0, 0.05) is 29.5 Å². The highest BCUT2D eigenvalue weighted by atomic mass is 19.4. The fourth-order valence-corrected chi connectivity index (χ4v) is 4.05. The molecule has 7 nitrogen and oxygen atoms in total. The van der Waals surface area contributed by atoms with Crippen molar-refractivity contribution < 1.29 is 18.0 Å². The molecule has 1 fully saturated rings. The van der Waals surface area contributed by atoms with Gasteiger partial charge in [-0.3, -0.25) is 0 Å². The summed E-state index contributed by atoms with van der Waals surface area (Å²) < 4.78 is 40.5. The Morgan fingerprint density at radius 3 is 2.46 bits per heavy atom. The number of nitrogen functional groups attached to an aromatic ring is 1. The van der Waals surface area contributed by atoms with Gasteiger partial charge < -0.3 is 16.4 Å².